The average molecular weight is 446 g/mol. The van der Waals surface area contributed by atoms with Gasteiger partial charge in [-0.25, -0.2) is 0 Å². The van der Waals surface area contributed by atoms with Crippen molar-refractivity contribution in [2.75, 3.05) is 11.1 Å². The molecule has 0 atom stereocenters. The highest BCUT2D eigenvalue weighted by Gasteiger charge is 2.15. The Kier molecular flexibility index (Phi) is 6.01. The summed E-state index contributed by atoms with van der Waals surface area (Å²) in [5.41, 5.74) is 2.90. The van der Waals surface area contributed by atoms with Crippen LogP contribution in [0.25, 0.3) is 11.5 Å². The van der Waals surface area contributed by atoms with Gasteiger partial charge in [-0.15, -0.1) is 10.2 Å². The largest absolute Gasteiger partial charge is 0.411 e. The zero-order valence-corrected chi connectivity index (χ0v) is 17.7. The highest BCUT2D eigenvalue weighted by Crippen LogP contribution is 2.29. The second-order valence-corrected chi connectivity index (χ2v) is 8.80. The molecular formula is C20H20BrN3O2S. The van der Waals surface area contributed by atoms with E-state index in [1.807, 2.05) is 48.5 Å². The van der Waals surface area contributed by atoms with Crippen LogP contribution >= 0.6 is 27.7 Å². The minimum atomic E-state index is -0.121. The van der Waals surface area contributed by atoms with Crippen LogP contribution in [0.15, 0.2) is 62.6 Å². The van der Waals surface area contributed by atoms with Gasteiger partial charge in [0.25, 0.3) is 5.22 Å². The number of halogens is 1. The van der Waals surface area contributed by atoms with E-state index in [1.54, 1.807) is 0 Å². The van der Waals surface area contributed by atoms with Crippen molar-refractivity contribution < 1.29 is 9.21 Å². The molecule has 5 nitrogen and oxygen atoms in total. The summed E-state index contributed by atoms with van der Waals surface area (Å²) in [4.78, 5) is 12.2. The highest BCUT2D eigenvalue weighted by atomic mass is 79.9. The maximum atomic E-state index is 12.2. The number of hydrogen-bond acceptors (Lipinski definition) is 5. The summed E-state index contributed by atoms with van der Waals surface area (Å²) in [6, 6.07) is 15.5. The first-order valence-corrected chi connectivity index (χ1v) is 10.2. The molecule has 7 heteroatoms. The van der Waals surface area contributed by atoms with E-state index in [-0.39, 0.29) is 17.1 Å². The van der Waals surface area contributed by atoms with Crippen LogP contribution in [-0.4, -0.2) is 21.9 Å². The average Bonchev–Trinajstić information content (AvgIpc) is 3.09. The van der Waals surface area contributed by atoms with Crippen molar-refractivity contribution in [2.24, 2.45) is 0 Å². The summed E-state index contributed by atoms with van der Waals surface area (Å²) < 4.78 is 6.51. The Labute approximate surface area is 171 Å². The summed E-state index contributed by atoms with van der Waals surface area (Å²) in [6.45, 7) is 6.47. The molecule has 1 heterocycles. The van der Waals surface area contributed by atoms with Crippen LogP contribution in [0.2, 0.25) is 0 Å². The van der Waals surface area contributed by atoms with E-state index in [4.69, 9.17) is 4.42 Å². The third-order valence-corrected chi connectivity index (χ3v) is 5.38. The lowest BCUT2D eigenvalue weighted by Crippen LogP contribution is -2.15. The predicted molar refractivity (Wildman–Crippen MR) is 112 cm³/mol. The Morgan fingerprint density at radius 1 is 1.11 bits per heavy atom. The van der Waals surface area contributed by atoms with Crippen LogP contribution in [0.1, 0.15) is 26.3 Å². The number of carbonyl (C=O) groups excluding carboxylic acids is 1. The molecule has 0 spiro atoms. The maximum absolute atomic E-state index is 12.2. The monoisotopic (exact) mass is 445 g/mol. The van der Waals surface area contributed by atoms with Gasteiger partial charge in [-0.1, -0.05) is 56.8 Å². The van der Waals surface area contributed by atoms with Crippen LogP contribution in [0.4, 0.5) is 5.69 Å². The first-order valence-electron chi connectivity index (χ1n) is 8.44. The lowest BCUT2D eigenvalue weighted by Gasteiger charge is -2.19. The number of nitrogens with one attached hydrogen (secondary N) is 1. The van der Waals surface area contributed by atoms with Crippen molar-refractivity contribution >= 4 is 39.3 Å². The van der Waals surface area contributed by atoms with E-state index in [9.17, 15) is 4.79 Å². The number of benzene rings is 2. The lowest BCUT2D eigenvalue weighted by atomic mass is 9.87. The van der Waals surface area contributed by atoms with E-state index in [0.717, 1.165) is 15.7 Å². The van der Waals surface area contributed by atoms with Crippen LogP contribution in [0.5, 0.6) is 0 Å². The Morgan fingerprint density at radius 3 is 2.48 bits per heavy atom. The van der Waals surface area contributed by atoms with Gasteiger partial charge in [0.1, 0.15) is 0 Å². The molecule has 0 fully saturated rings. The fraction of sp³-hybridized carbons (Fsp3) is 0.250. The Balaban J connectivity index is 1.56. The first-order chi connectivity index (χ1) is 12.8. The number of carbonyl (C=O) groups is 1. The molecule has 3 rings (SSSR count). The number of anilines is 1. The molecule has 0 aliphatic rings. The molecule has 27 heavy (non-hydrogen) atoms. The molecule has 0 aliphatic heterocycles. The normalized spacial score (nSPS) is 11.4. The molecule has 0 saturated carbocycles. The van der Waals surface area contributed by atoms with Gasteiger partial charge in [0.2, 0.25) is 11.8 Å². The van der Waals surface area contributed by atoms with Crippen molar-refractivity contribution in [1.82, 2.24) is 10.2 Å². The molecule has 140 valence electrons. The first kappa shape index (κ1) is 19.6. The molecule has 0 radical (unpaired) electrons. The molecule has 3 aromatic rings. The molecular weight excluding hydrogens is 426 g/mol. The van der Waals surface area contributed by atoms with Gasteiger partial charge < -0.3 is 9.73 Å². The summed E-state index contributed by atoms with van der Waals surface area (Å²) in [5.74, 6) is 0.491. The number of thioether (sulfide) groups is 1. The quantitative estimate of drug-likeness (QED) is 0.522. The fourth-order valence-electron chi connectivity index (χ4n) is 2.39. The summed E-state index contributed by atoms with van der Waals surface area (Å²) in [7, 11) is 0. The van der Waals surface area contributed by atoms with Crippen LogP contribution < -0.4 is 5.32 Å². The number of aromatic nitrogens is 2. The Morgan fingerprint density at radius 2 is 1.81 bits per heavy atom. The second-order valence-electron chi connectivity index (χ2n) is 7.02. The lowest BCUT2D eigenvalue weighted by molar-refractivity contribution is -0.113. The second kappa shape index (κ2) is 8.27. The molecule has 0 aliphatic carbocycles. The number of amides is 1. The standard InChI is InChI=1S/C20H20BrN3O2S/c1-20(2,3)13-8-10-14(11-9-13)22-17(25)12-27-19-24-23-18(26-19)15-6-4-5-7-16(15)21/h4-11H,12H2,1-3H3,(H,22,25). The van der Waals surface area contributed by atoms with Gasteiger partial charge in [-0.3, -0.25) is 4.79 Å². The van der Waals surface area contributed by atoms with Gasteiger partial charge in [0.05, 0.1) is 11.3 Å². The zero-order valence-electron chi connectivity index (χ0n) is 15.3. The third-order valence-electron chi connectivity index (χ3n) is 3.87. The molecule has 2 aromatic carbocycles. The summed E-state index contributed by atoms with van der Waals surface area (Å²) >= 11 is 4.67. The molecule has 1 amide bonds. The van der Waals surface area contributed by atoms with Crippen molar-refractivity contribution in [1.29, 1.82) is 0 Å². The minimum Gasteiger partial charge on any atom is -0.411 e. The number of rotatable bonds is 5. The molecule has 0 bridgehead atoms. The highest BCUT2D eigenvalue weighted by molar-refractivity contribution is 9.10. The zero-order chi connectivity index (χ0) is 19.4. The molecule has 0 saturated heterocycles. The van der Waals surface area contributed by atoms with E-state index < -0.39 is 0 Å². The number of hydrogen-bond donors (Lipinski definition) is 1. The Hall–Kier alpha value is -2.12. The van der Waals surface area contributed by atoms with E-state index in [2.05, 4.69) is 52.2 Å². The minimum absolute atomic E-state index is 0.0851. The van der Waals surface area contributed by atoms with E-state index >= 15 is 0 Å². The van der Waals surface area contributed by atoms with Crippen LogP contribution in [0.3, 0.4) is 0 Å². The van der Waals surface area contributed by atoms with Gasteiger partial charge >= 0.3 is 0 Å². The van der Waals surface area contributed by atoms with Gasteiger partial charge in [-0.05, 0) is 51.2 Å². The maximum Gasteiger partial charge on any atom is 0.277 e. The van der Waals surface area contributed by atoms with E-state index in [0.29, 0.717) is 11.1 Å². The van der Waals surface area contributed by atoms with Crippen molar-refractivity contribution in [3.8, 4) is 11.5 Å². The molecule has 1 N–H and O–H groups in total. The SMILES string of the molecule is CC(C)(C)c1ccc(NC(=O)CSc2nnc(-c3ccccc3Br)o2)cc1. The van der Waals surface area contributed by atoms with Crippen LogP contribution in [0, 0.1) is 0 Å². The van der Waals surface area contributed by atoms with Crippen molar-refractivity contribution in [3.05, 3.63) is 58.6 Å². The molecule has 1 aromatic heterocycles. The van der Waals surface area contributed by atoms with E-state index in [1.165, 1.54) is 17.3 Å². The molecule has 0 unspecified atom stereocenters. The fourth-order valence-corrected chi connectivity index (χ4v) is 3.41. The smallest absolute Gasteiger partial charge is 0.277 e. The van der Waals surface area contributed by atoms with Gasteiger partial charge in [-0.2, -0.15) is 0 Å². The third kappa shape index (κ3) is 5.20. The van der Waals surface area contributed by atoms with Gasteiger partial charge in [0, 0.05) is 10.2 Å². The van der Waals surface area contributed by atoms with Crippen LogP contribution in [-0.2, 0) is 10.2 Å². The predicted octanol–water partition coefficient (Wildman–Crippen LogP) is 5.53. The van der Waals surface area contributed by atoms with Crippen molar-refractivity contribution in [2.45, 2.75) is 31.4 Å². The topological polar surface area (TPSA) is 68.0 Å². The number of nitrogens with zero attached hydrogens (tertiary/aromatic N) is 2. The Bertz CT molecular complexity index is 933. The van der Waals surface area contributed by atoms with Gasteiger partial charge in [0.15, 0.2) is 0 Å². The summed E-state index contributed by atoms with van der Waals surface area (Å²) in [5, 5.41) is 11.3. The van der Waals surface area contributed by atoms with Crippen molar-refractivity contribution in [3.63, 3.8) is 0 Å². The summed E-state index contributed by atoms with van der Waals surface area (Å²) in [6.07, 6.45) is 0.